The molecular weight excluding hydrogens is 254 g/mol. The van der Waals surface area contributed by atoms with Crippen molar-refractivity contribution in [1.82, 2.24) is 14.9 Å². The highest BCUT2D eigenvalue weighted by Crippen LogP contribution is 2.20. The molecule has 7 heteroatoms. The molecule has 2 heterocycles. The van der Waals surface area contributed by atoms with Crippen LogP contribution < -0.4 is 0 Å². The Bertz CT molecular complexity index is 440. The minimum absolute atomic E-state index is 0.0288. The number of hydrogen-bond donors (Lipinski definition) is 1. The van der Waals surface area contributed by atoms with Gasteiger partial charge in [0.1, 0.15) is 5.69 Å². The van der Waals surface area contributed by atoms with Crippen LogP contribution in [-0.4, -0.2) is 55.9 Å². The van der Waals surface area contributed by atoms with E-state index in [0.717, 1.165) is 5.75 Å². The second-order valence-electron chi connectivity index (χ2n) is 3.92. The van der Waals surface area contributed by atoms with Gasteiger partial charge in [0.05, 0.1) is 18.7 Å². The van der Waals surface area contributed by atoms with Crippen molar-refractivity contribution in [2.24, 2.45) is 0 Å². The number of rotatable bonds is 3. The second kappa shape index (κ2) is 5.81. The summed E-state index contributed by atoms with van der Waals surface area (Å²) in [6, 6.07) is -0.268. The predicted molar refractivity (Wildman–Crippen MR) is 66.4 cm³/mol. The molecule has 2 rings (SSSR count). The summed E-state index contributed by atoms with van der Waals surface area (Å²) in [7, 11) is 0. The Morgan fingerprint density at radius 1 is 1.50 bits per heavy atom. The molecule has 1 aliphatic rings. The first-order valence-electron chi connectivity index (χ1n) is 5.55. The molecule has 18 heavy (non-hydrogen) atoms. The zero-order valence-electron chi connectivity index (χ0n) is 9.65. The van der Waals surface area contributed by atoms with Gasteiger partial charge in [-0.1, -0.05) is 0 Å². The molecule has 0 radical (unpaired) electrons. The Morgan fingerprint density at radius 3 is 3.00 bits per heavy atom. The first-order valence-corrected chi connectivity index (χ1v) is 6.70. The van der Waals surface area contributed by atoms with Crippen molar-refractivity contribution in [2.45, 2.75) is 12.5 Å². The van der Waals surface area contributed by atoms with E-state index in [1.807, 2.05) is 0 Å². The highest BCUT2D eigenvalue weighted by Gasteiger charge is 2.30. The smallest absolute Gasteiger partial charge is 0.305 e. The van der Waals surface area contributed by atoms with Gasteiger partial charge in [0.15, 0.2) is 0 Å². The van der Waals surface area contributed by atoms with Crippen molar-refractivity contribution in [2.75, 3.05) is 18.1 Å². The molecule has 1 fully saturated rings. The number of carbonyl (C=O) groups excluding carboxylic acids is 1. The number of thioether (sulfide) groups is 1. The number of carboxylic acids is 1. The SMILES string of the molecule is O=C(O)CC1CSCCN1C(=O)c1cnccn1. The molecule has 1 unspecified atom stereocenters. The van der Waals surface area contributed by atoms with E-state index >= 15 is 0 Å². The lowest BCUT2D eigenvalue weighted by Gasteiger charge is -2.34. The van der Waals surface area contributed by atoms with Crippen LogP contribution in [0, 0.1) is 0 Å². The van der Waals surface area contributed by atoms with Gasteiger partial charge in [-0.25, -0.2) is 4.98 Å². The molecule has 1 saturated heterocycles. The molecular formula is C11H13N3O3S. The van der Waals surface area contributed by atoms with Crippen LogP contribution in [0.2, 0.25) is 0 Å². The number of carboxylic acid groups (broad SMARTS) is 1. The molecule has 96 valence electrons. The van der Waals surface area contributed by atoms with E-state index in [0.29, 0.717) is 12.3 Å². The fourth-order valence-electron chi connectivity index (χ4n) is 1.85. The fourth-order valence-corrected chi connectivity index (χ4v) is 2.91. The Morgan fingerprint density at radius 2 is 2.33 bits per heavy atom. The largest absolute Gasteiger partial charge is 0.481 e. The number of carbonyl (C=O) groups is 2. The van der Waals surface area contributed by atoms with Crippen LogP contribution in [0.15, 0.2) is 18.6 Å². The Balaban J connectivity index is 2.13. The lowest BCUT2D eigenvalue weighted by Crippen LogP contribution is -2.47. The summed E-state index contributed by atoms with van der Waals surface area (Å²) in [4.78, 5) is 32.4. The number of aliphatic carboxylic acids is 1. The van der Waals surface area contributed by atoms with Crippen molar-refractivity contribution < 1.29 is 14.7 Å². The summed E-state index contributed by atoms with van der Waals surface area (Å²) >= 11 is 1.67. The lowest BCUT2D eigenvalue weighted by atomic mass is 10.2. The quantitative estimate of drug-likeness (QED) is 0.859. The maximum atomic E-state index is 12.2. The first-order chi connectivity index (χ1) is 8.68. The topological polar surface area (TPSA) is 83.4 Å². The monoisotopic (exact) mass is 267 g/mol. The van der Waals surface area contributed by atoms with Gasteiger partial charge < -0.3 is 10.0 Å². The summed E-state index contributed by atoms with van der Waals surface area (Å²) in [6.07, 6.45) is 4.33. The van der Waals surface area contributed by atoms with Crippen molar-refractivity contribution in [1.29, 1.82) is 0 Å². The van der Waals surface area contributed by atoms with E-state index in [-0.39, 0.29) is 24.1 Å². The maximum absolute atomic E-state index is 12.2. The molecule has 1 N–H and O–H groups in total. The third-order valence-corrected chi connectivity index (χ3v) is 3.77. The van der Waals surface area contributed by atoms with Gasteiger partial charge in [0, 0.05) is 30.4 Å². The summed E-state index contributed by atoms with van der Waals surface area (Å²) in [5, 5.41) is 8.86. The van der Waals surface area contributed by atoms with Gasteiger partial charge in [-0.3, -0.25) is 14.6 Å². The van der Waals surface area contributed by atoms with Crippen LogP contribution in [0.25, 0.3) is 0 Å². The van der Waals surface area contributed by atoms with Crippen molar-refractivity contribution in [3.05, 3.63) is 24.3 Å². The molecule has 0 aromatic carbocycles. The maximum Gasteiger partial charge on any atom is 0.305 e. The molecule has 0 bridgehead atoms. The van der Waals surface area contributed by atoms with E-state index in [1.54, 1.807) is 16.7 Å². The van der Waals surface area contributed by atoms with Crippen LogP contribution in [0.1, 0.15) is 16.9 Å². The van der Waals surface area contributed by atoms with E-state index in [1.165, 1.54) is 18.6 Å². The lowest BCUT2D eigenvalue weighted by molar-refractivity contribution is -0.138. The summed E-state index contributed by atoms with van der Waals surface area (Å²) in [6.45, 7) is 0.554. The molecule has 0 aliphatic carbocycles. The summed E-state index contributed by atoms with van der Waals surface area (Å²) < 4.78 is 0. The first kappa shape index (κ1) is 12.8. The standard InChI is InChI=1S/C11H13N3O3S/c15-10(16)5-8-7-18-4-3-14(8)11(17)9-6-12-1-2-13-9/h1-2,6,8H,3-5,7H2,(H,15,16). The van der Waals surface area contributed by atoms with Crippen molar-refractivity contribution in [3.63, 3.8) is 0 Å². The van der Waals surface area contributed by atoms with Gasteiger partial charge in [-0.2, -0.15) is 11.8 Å². The molecule has 1 aromatic heterocycles. The molecule has 6 nitrogen and oxygen atoms in total. The average molecular weight is 267 g/mol. The van der Waals surface area contributed by atoms with E-state index < -0.39 is 5.97 Å². The van der Waals surface area contributed by atoms with Gasteiger partial charge in [-0.15, -0.1) is 0 Å². The number of aromatic nitrogens is 2. The average Bonchev–Trinajstić information content (AvgIpc) is 2.39. The zero-order valence-corrected chi connectivity index (χ0v) is 10.5. The second-order valence-corrected chi connectivity index (χ2v) is 5.07. The van der Waals surface area contributed by atoms with E-state index in [4.69, 9.17) is 5.11 Å². The normalized spacial score (nSPS) is 19.6. The molecule has 0 saturated carbocycles. The third-order valence-electron chi connectivity index (χ3n) is 2.68. The van der Waals surface area contributed by atoms with Crippen LogP contribution >= 0.6 is 11.8 Å². The van der Waals surface area contributed by atoms with Gasteiger partial charge in [0.25, 0.3) is 5.91 Å². The summed E-state index contributed by atoms with van der Waals surface area (Å²) in [5.74, 6) is 0.342. The number of amides is 1. The highest BCUT2D eigenvalue weighted by atomic mass is 32.2. The van der Waals surface area contributed by atoms with E-state index in [9.17, 15) is 9.59 Å². The molecule has 1 aliphatic heterocycles. The van der Waals surface area contributed by atoms with E-state index in [2.05, 4.69) is 9.97 Å². The minimum atomic E-state index is -0.889. The molecule has 0 spiro atoms. The number of hydrogen-bond acceptors (Lipinski definition) is 5. The highest BCUT2D eigenvalue weighted by molar-refractivity contribution is 7.99. The Hall–Kier alpha value is -1.63. The van der Waals surface area contributed by atoms with Gasteiger partial charge in [-0.05, 0) is 0 Å². The van der Waals surface area contributed by atoms with Gasteiger partial charge >= 0.3 is 5.97 Å². The third kappa shape index (κ3) is 2.98. The Kier molecular flexibility index (Phi) is 4.14. The zero-order chi connectivity index (χ0) is 13.0. The van der Waals surface area contributed by atoms with Gasteiger partial charge in [0.2, 0.25) is 0 Å². The van der Waals surface area contributed by atoms with Crippen LogP contribution in [0.4, 0.5) is 0 Å². The molecule has 1 amide bonds. The Labute approximate surface area is 108 Å². The van der Waals surface area contributed by atoms with Crippen LogP contribution in [-0.2, 0) is 4.79 Å². The fraction of sp³-hybridized carbons (Fsp3) is 0.455. The summed E-state index contributed by atoms with van der Waals surface area (Å²) in [5.41, 5.74) is 0.264. The molecule has 1 aromatic rings. The van der Waals surface area contributed by atoms with Crippen molar-refractivity contribution >= 4 is 23.6 Å². The predicted octanol–water partition coefficient (Wildman–Crippen LogP) is 0.509. The van der Waals surface area contributed by atoms with Crippen molar-refractivity contribution in [3.8, 4) is 0 Å². The van der Waals surface area contributed by atoms with Crippen LogP contribution in [0.3, 0.4) is 0 Å². The molecule has 1 atom stereocenters. The minimum Gasteiger partial charge on any atom is -0.481 e. The number of nitrogens with zero attached hydrogens (tertiary/aromatic N) is 3. The van der Waals surface area contributed by atoms with Crippen LogP contribution in [0.5, 0.6) is 0 Å².